The molecule has 6 unspecified atom stereocenters. The molecule has 4 rings (SSSR count). The second-order valence-electron chi connectivity index (χ2n) is 7.57. The van der Waals surface area contributed by atoms with Crippen LogP contribution in [-0.4, -0.2) is 34.7 Å². The van der Waals surface area contributed by atoms with Crippen molar-refractivity contribution in [2.45, 2.75) is 38.5 Å². The summed E-state index contributed by atoms with van der Waals surface area (Å²) in [5.74, 6) is -7.17. The molecule has 6 atom stereocenters. The topological polar surface area (TPSA) is 102 Å². The summed E-state index contributed by atoms with van der Waals surface area (Å²) in [6, 6.07) is 0. The zero-order chi connectivity index (χ0) is 17.2. The van der Waals surface area contributed by atoms with Gasteiger partial charge in [0.2, 0.25) is 23.1 Å². The Kier molecular flexibility index (Phi) is 3.41. The van der Waals surface area contributed by atoms with E-state index in [1.165, 1.54) is 0 Å². The van der Waals surface area contributed by atoms with Crippen LogP contribution in [0.15, 0.2) is 0 Å². The van der Waals surface area contributed by atoms with Crippen molar-refractivity contribution in [2.75, 3.05) is 0 Å². The molecule has 0 N–H and O–H groups in total. The molecule has 0 amide bonds. The summed E-state index contributed by atoms with van der Waals surface area (Å²) in [5, 5.41) is 0. The van der Waals surface area contributed by atoms with Crippen molar-refractivity contribution >= 4 is 34.7 Å². The molecule has 0 aromatic heterocycles. The lowest BCUT2D eigenvalue weighted by atomic mass is 9.60. The van der Waals surface area contributed by atoms with Crippen molar-refractivity contribution in [1.29, 1.82) is 0 Å². The van der Waals surface area contributed by atoms with Gasteiger partial charge in [-0.05, 0) is 37.5 Å². The third-order valence-electron chi connectivity index (χ3n) is 6.62. The van der Waals surface area contributed by atoms with E-state index in [-0.39, 0.29) is 11.8 Å². The van der Waals surface area contributed by atoms with Gasteiger partial charge in [-0.3, -0.25) is 28.8 Å². The normalized spacial score (nSPS) is 42.5. The molecule has 126 valence electrons. The highest BCUT2D eigenvalue weighted by Gasteiger charge is 2.60. The first-order valence-corrected chi connectivity index (χ1v) is 8.68. The van der Waals surface area contributed by atoms with Gasteiger partial charge in [0.1, 0.15) is 0 Å². The molecule has 4 aliphatic rings. The van der Waals surface area contributed by atoms with Gasteiger partial charge in [0.25, 0.3) is 11.6 Å². The molecule has 0 bridgehead atoms. The smallest absolute Gasteiger partial charge is 0.264 e. The lowest BCUT2D eigenvalue weighted by Gasteiger charge is -2.42. The Morgan fingerprint density at radius 1 is 0.500 bits per heavy atom. The average molecular weight is 330 g/mol. The lowest BCUT2D eigenvalue weighted by Crippen LogP contribution is -2.42. The molecule has 0 saturated heterocycles. The fraction of sp³-hybridized carbons (Fsp3) is 0.667. The van der Waals surface area contributed by atoms with E-state index in [0.29, 0.717) is 25.7 Å². The van der Waals surface area contributed by atoms with E-state index in [9.17, 15) is 28.8 Å². The Balaban J connectivity index is 1.70. The van der Waals surface area contributed by atoms with Crippen molar-refractivity contribution < 1.29 is 28.8 Å². The Bertz CT molecular complexity index is 644. The SMILES string of the molecule is O=C1C(=O)C2CCCC(C3CCCC4C(=O)C(=O)C(=O)C43)C2C1=O. The van der Waals surface area contributed by atoms with Crippen LogP contribution in [0.25, 0.3) is 0 Å². The van der Waals surface area contributed by atoms with Crippen molar-refractivity contribution in [3.05, 3.63) is 0 Å². The van der Waals surface area contributed by atoms with E-state index in [0.717, 1.165) is 12.8 Å². The largest absolute Gasteiger partial charge is 0.290 e. The monoisotopic (exact) mass is 330 g/mol. The predicted molar refractivity (Wildman–Crippen MR) is 78.7 cm³/mol. The number of rotatable bonds is 1. The summed E-state index contributed by atoms with van der Waals surface area (Å²) in [4.78, 5) is 72.3. The quantitative estimate of drug-likeness (QED) is 0.649. The second-order valence-corrected chi connectivity index (χ2v) is 7.57. The predicted octanol–water partition coefficient (Wildman–Crippen LogP) is 0.493. The molecule has 0 aliphatic heterocycles. The van der Waals surface area contributed by atoms with Gasteiger partial charge in [-0.2, -0.15) is 0 Å². The van der Waals surface area contributed by atoms with Crippen LogP contribution < -0.4 is 0 Å². The fourth-order valence-corrected chi connectivity index (χ4v) is 5.65. The van der Waals surface area contributed by atoms with E-state index in [1.807, 2.05) is 0 Å². The maximum Gasteiger partial charge on any atom is 0.264 e. The first-order valence-electron chi connectivity index (χ1n) is 8.68. The number of fused-ring (bicyclic) bond motifs is 2. The summed E-state index contributed by atoms with van der Waals surface area (Å²) >= 11 is 0. The summed E-state index contributed by atoms with van der Waals surface area (Å²) in [6.45, 7) is 0. The van der Waals surface area contributed by atoms with Crippen LogP contribution in [0, 0.1) is 35.5 Å². The molecular formula is C18H18O6. The van der Waals surface area contributed by atoms with Crippen molar-refractivity contribution in [1.82, 2.24) is 0 Å². The third-order valence-corrected chi connectivity index (χ3v) is 6.62. The van der Waals surface area contributed by atoms with E-state index in [2.05, 4.69) is 0 Å². The third kappa shape index (κ3) is 1.88. The minimum absolute atomic E-state index is 0.248. The zero-order valence-electron chi connectivity index (χ0n) is 13.2. The maximum atomic E-state index is 12.3. The average Bonchev–Trinajstić information content (AvgIpc) is 2.96. The van der Waals surface area contributed by atoms with Gasteiger partial charge >= 0.3 is 0 Å². The zero-order valence-corrected chi connectivity index (χ0v) is 13.2. The van der Waals surface area contributed by atoms with Gasteiger partial charge in [0.05, 0.1) is 0 Å². The van der Waals surface area contributed by atoms with Crippen LogP contribution in [0.3, 0.4) is 0 Å². The number of hydrogen-bond donors (Lipinski definition) is 0. The molecular weight excluding hydrogens is 312 g/mol. The van der Waals surface area contributed by atoms with Crippen LogP contribution in [0.4, 0.5) is 0 Å². The maximum absolute atomic E-state index is 12.3. The highest BCUT2D eigenvalue weighted by molar-refractivity contribution is 6.68. The molecule has 0 aromatic rings. The van der Waals surface area contributed by atoms with Crippen LogP contribution >= 0.6 is 0 Å². The number of carbonyl (C=O) groups excluding carboxylic acids is 6. The molecule has 4 aliphatic carbocycles. The summed E-state index contributed by atoms with van der Waals surface area (Å²) < 4.78 is 0. The van der Waals surface area contributed by atoms with Crippen molar-refractivity contribution in [2.24, 2.45) is 35.5 Å². The van der Waals surface area contributed by atoms with Crippen LogP contribution in [-0.2, 0) is 28.8 Å². The van der Waals surface area contributed by atoms with Gasteiger partial charge in [-0.15, -0.1) is 0 Å². The molecule has 4 saturated carbocycles. The molecule has 6 nitrogen and oxygen atoms in total. The Morgan fingerprint density at radius 2 is 0.875 bits per heavy atom. The standard InChI is InChI=1S/C18H18O6/c19-13-9-5-1-3-7(11(9)15(21)17(13)23)8-4-2-6-10-12(8)16(22)18(24)14(10)20/h7-12H,1-6H2. The first-order chi connectivity index (χ1) is 11.4. The lowest BCUT2D eigenvalue weighted by molar-refractivity contribution is -0.142. The minimum atomic E-state index is -0.908. The molecule has 0 spiro atoms. The second kappa shape index (κ2) is 5.26. The number of Topliss-reactive ketones (excluding diaryl/α,β-unsaturated/α-hetero) is 6. The molecule has 0 heterocycles. The van der Waals surface area contributed by atoms with Crippen LogP contribution in [0.5, 0.6) is 0 Å². The molecule has 24 heavy (non-hydrogen) atoms. The van der Waals surface area contributed by atoms with E-state index in [4.69, 9.17) is 0 Å². The Hall–Kier alpha value is -1.98. The summed E-state index contributed by atoms with van der Waals surface area (Å²) in [6.07, 6.45) is 3.84. The summed E-state index contributed by atoms with van der Waals surface area (Å²) in [7, 11) is 0. The molecule has 4 fully saturated rings. The van der Waals surface area contributed by atoms with E-state index < -0.39 is 58.4 Å². The number of carbonyl (C=O) groups is 6. The van der Waals surface area contributed by atoms with Gasteiger partial charge < -0.3 is 0 Å². The number of hydrogen-bond acceptors (Lipinski definition) is 6. The highest BCUT2D eigenvalue weighted by Crippen LogP contribution is 2.52. The van der Waals surface area contributed by atoms with Gasteiger partial charge in [-0.1, -0.05) is 12.8 Å². The van der Waals surface area contributed by atoms with Crippen LogP contribution in [0.2, 0.25) is 0 Å². The van der Waals surface area contributed by atoms with Gasteiger partial charge in [0.15, 0.2) is 0 Å². The fourth-order valence-electron chi connectivity index (χ4n) is 5.65. The van der Waals surface area contributed by atoms with Gasteiger partial charge in [-0.25, -0.2) is 0 Å². The van der Waals surface area contributed by atoms with E-state index in [1.54, 1.807) is 0 Å². The highest BCUT2D eigenvalue weighted by atomic mass is 16.2. The van der Waals surface area contributed by atoms with Crippen molar-refractivity contribution in [3.8, 4) is 0 Å². The Morgan fingerprint density at radius 3 is 1.25 bits per heavy atom. The van der Waals surface area contributed by atoms with Gasteiger partial charge in [0, 0.05) is 23.7 Å². The number of ketones is 6. The molecule has 0 aromatic carbocycles. The van der Waals surface area contributed by atoms with E-state index >= 15 is 0 Å². The Labute approximate surface area is 138 Å². The minimum Gasteiger partial charge on any atom is -0.290 e. The molecule has 0 radical (unpaired) electrons. The van der Waals surface area contributed by atoms with Crippen LogP contribution in [0.1, 0.15) is 38.5 Å². The van der Waals surface area contributed by atoms with Crippen molar-refractivity contribution in [3.63, 3.8) is 0 Å². The summed E-state index contributed by atoms with van der Waals surface area (Å²) in [5.41, 5.74) is 0. The molecule has 6 heteroatoms. The first kappa shape index (κ1) is 15.5.